The number of nitrogens with one attached hydrogen (secondary N) is 1. The largest absolute Gasteiger partial charge is 0.482 e. The quantitative estimate of drug-likeness (QED) is 0.829. The van der Waals surface area contributed by atoms with Crippen LogP contribution in [0.4, 0.5) is 5.69 Å². The molecule has 1 aromatic rings. The third-order valence-corrected chi connectivity index (χ3v) is 4.17. The number of nitrogens with zero attached hydrogens (tertiary/aromatic N) is 1. The van der Waals surface area contributed by atoms with Crippen LogP contribution in [-0.2, 0) is 14.3 Å². The number of carbonyl (C=O) groups is 2. The molecule has 1 aromatic carbocycles. The van der Waals surface area contributed by atoms with E-state index in [9.17, 15) is 9.59 Å². The first-order valence-corrected chi connectivity index (χ1v) is 8.00. The predicted molar refractivity (Wildman–Crippen MR) is 91.2 cm³/mol. The fraction of sp³-hybridized carbons (Fsp3) is 0.500. The second-order valence-electron chi connectivity index (χ2n) is 5.94. The highest BCUT2D eigenvalue weighted by Crippen LogP contribution is 2.28. The van der Waals surface area contributed by atoms with Crippen LogP contribution in [0.15, 0.2) is 18.2 Å². The number of benzene rings is 1. The normalized spacial score (nSPS) is 16.3. The minimum atomic E-state index is -0.933. The lowest BCUT2D eigenvalue weighted by molar-refractivity contribution is -0.130. The summed E-state index contributed by atoms with van der Waals surface area (Å²) in [6.07, 6.45) is 0.945. The molecule has 0 radical (unpaired) electrons. The Morgan fingerprint density at radius 1 is 1.38 bits per heavy atom. The number of nitrogens with two attached hydrogens (primary N) is 1. The van der Waals surface area contributed by atoms with E-state index in [1.165, 1.54) is 4.90 Å². The molecule has 24 heavy (non-hydrogen) atoms. The Balaban J connectivity index is 1.98. The number of anilines is 1. The van der Waals surface area contributed by atoms with Gasteiger partial charge in [0.1, 0.15) is 11.3 Å². The number of ether oxygens (including phenoxy) is 2. The first-order valence-electron chi connectivity index (χ1n) is 7.62. The molecular formula is C16H22ClN3O4. The molecule has 7 nitrogen and oxygen atoms in total. The van der Waals surface area contributed by atoms with Crippen molar-refractivity contribution in [1.82, 2.24) is 4.90 Å². The highest BCUT2D eigenvalue weighted by atomic mass is 35.5. The maximum atomic E-state index is 12.4. The van der Waals surface area contributed by atoms with Crippen LogP contribution in [0, 0.1) is 0 Å². The molecule has 1 fully saturated rings. The van der Waals surface area contributed by atoms with Crippen molar-refractivity contribution in [1.29, 1.82) is 0 Å². The Morgan fingerprint density at radius 2 is 2.04 bits per heavy atom. The van der Waals surface area contributed by atoms with Crippen LogP contribution >= 0.6 is 11.6 Å². The molecule has 2 rings (SSSR count). The summed E-state index contributed by atoms with van der Waals surface area (Å²) >= 11 is 6.14. The summed E-state index contributed by atoms with van der Waals surface area (Å²) < 4.78 is 10.6. The van der Waals surface area contributed by atoms with Crippen molar-refractivity contribution in [2.24, 2.45) is 5.73 Å². The van der Waals surface area contributed by atoms with Gasteiger partial charge in [0.15, 0.2) is 6.61 Å². The number of rotatable bonds is 5. The second-order valence-corrected chi connectivity index (χ2v) is 6.35. The van der Waals surface area contributed by atoms with E-state index >= 15 is 0 Å². The lowest BCUT2D eigenvalue weighted by Gasteiger charge is -2.31. The van der Waals surface area contributed by atoms with Gasteiger partial charge in [0.25, 0.3) is 5.91 Å². The standard InChI is InChI=1S/C16H22ClN3O4/c1-20(2)14(21)10-24-13-4-3-11(9-12(13)17)19-15(22)16(18)5-7-23-8-6-16/h3-4,9H,5-8,10,18H2,1-2H3,(H,19,22). The van der Waals surface area contributed by atoms with Crippen LogP contribution in [-0.4, -0.2) is 56.2 Å². The van der Waals surface area contributed by atoms with Crippen LogP contribution < -0.4 is 15.8 Å². The van der Waals surface area contributed by atoms with E-state index in [1.54, 1.807) is 32.3 Å². The molecular weight excluding hydrogens is 334 g/mol. The molecule has 2 amide bonds. The summed E-state index contributed by atoms with van der Waals surface area (Å²) in [5.74, 6) is -0.0650. The fourth-order valence-electron chi connectivity index (χ4n) is 2.18. The maximum absolute atomic E-state index is 12.4. The minimum absolute atomic E-state index is 0.107. The molecule has 0 aromatic heterocycles. The topological polar surface area (TPSA) is 93.9 Å². The second kappa shape index (κ2) is 7.83. The number of carbonyl (C=O) groups excluding carboxylic acids is 2. The molecule has 1 heterocycles. The van der Waals surface area contributed by atoms with Gasteiger partial charge >= 0.3 is 0 Å². The van der Waals surface area contributed by atoms with E-state index in [0.29, 0.717) is 42.5 Å². The fourth-order valence-corrected chi connectivity index (χ4v) is 2.42. The van der Waals surface area contributed by atoms with Gasteiger partial charge in [-0.15, -0.1) is 0 Å². The monoisotopic (exact) mass is 355 g/mol. The molecule has 3 N–H and O–H groups in total. The molecule has 0 unspecified atom stereocenters. The third kappa shape index (κ3) is 4.59. The van der Waals surface area contributed by atoms with E-state index < -0.39 is 5.54 Å². The Labute approximate surface area is 146 Å². The van der Waals surface area contributed by atoms with Gasteiger partial charge in [-0.2, -0.15) is 0 Å². The van der Waals surface area contributed by atoms with Crippen molar-refractivity contribution in [2.75, 3.05) is 39.2 Å². The maximum Gasteiger partial charge on any atom is 0.259 e. The number of halogens is 1. The van der Waals surface area contributed by atoms with Crippen LogP contribution in [0.5, 0.6) is 5.75 Å². The molecule has 1 aliphatic rings. The first kappa shape index (κ1) is 18.5. The van der Waals surface area contributed by atoms with E-state index in [-0.39, 0.29) is 18.4 Å². The van der Waals surface area contributed by atoms with Crippen LogP contribution in [0.3, 0.4) is 0 Å². The van der Waals surface area contributed by atoms with Crippen LogP contribution in [0.25, 0.3) is 0 Å². The summed E-state index contributed by atoms with van der Waals surface area (Å²) in [6, 6.07) is 4.83. The van der Waals surface area contributed by atoms with Crippen molar-refractivity contribution in [3.8, 4) is 5.75 Å². The zero-order valence-electron chi connectivity index (χ0n) is 13.8. The van der Waals surface area contributed by atoms with Gasteiger partial charge in [-0.1, -0.05) is 11.6 Å². The molecule has 0 bridgehead atoms. The highest BCUT2D eigenvalue weighted by Gasteiger charge is 2.35. The van der Waals surface area contributed by atoms with Crippen molar-refractivity contribution in [2.45, 2.75) is 18.4 Å². The lowest BCUT2D eigenvalue weighted by atomic mass is 9.90. The smallest absolute Gasteiger partial charge is 0.259 e. The van der Waals surface area contributed by atoms with Gasteiger partial charge in [-0.3, -0.25) is 9.59 Å². The van der Waals surface area contributed by atoms with Crippen molar-refractivity contribution >= 4 is 29.1 Å². The Bertz CT molecular complexity index is 615. The Kier molecular flexibility index (Phi) is 6.04. The number of likely N-dealkylation sites (N-methyl/N-ethyl adjacent to an activating group) is 1. The summed E-state index contributed by atoms with van der Waals surface area (Å²) in [6.45, 7) is 0.832. The van der Waals surface area contributed by atoms with Crippen LogP contribution in [0.1, 0.15) is 12.8 Å². The van der Waals surface area contributed by atoms with Gasteiger partial charge in [-0.05, 0) is 31.0 Å². The highest BCUT2D eigenvalue weighted by molar-refractivity contribution is 6.32. The van der Waals surface area contributed by atoms with Gasteiger partial charge in [0, 0.05) is 33.0 Å². The number of hydrogen-bond donors (Lipinski definition) is 2. The van der Waals surface area contributed by atoms with E-state index in [4.69, 9.17) is 26.8 Å². The van der Waals surface area contributed by atoms with E-state index in [0.717, 1.165) is 0 Å². The van der Waals surface area contributed by atoms with Gasteiger partial charge in [-0.25, -0.2) is 0 Å². The zero-order chi connectivity index (χ0) is 17.7. The molecule has 8 heteroatoms. The van der Waals surface area contributed by atoms with Gasteiger partial charge in [0.2, 0.25) is 5.91 Å². The number of hydrogen-bond acceptors (Lipinski definition) is 5. The molecule has 0 saturated carbocycles. The average molecular weight is 356 g/mol. The molecule has 132 valence electrons. The predicted octanol–water partition coefficient (Wildman–Crippen LogP) is 1.25. The Morgan fingerprint density at radius 3 is 2.62 bits per heavy atom. The Hall–Kier alpha value is -1.83. The molecule has 1 aliphatic heterocycles. The summed E-state index contributed by atoms with van der Waals surface area (Å²) in [4.78, 5) is 25.3. The SMILES string of the molecule is CN(C)C(=O)COc1ccc(NC(=O)C2(N)CCOCC2)cc1Cl. The van der Waals surface area contributed by atoms with E-state index in [2.05, 4.69) is 5.32 Å². The summed E-state index contributed by atoms with van der Waals surface area (Å²) in [7, 11) is 3.29. The lowest BCUT2D eigenvalue weighted by Crippen LogP contribution is -2.54. The third-order valence-electron chi connectivity index (χ3n) is 3.88. The molecule has 1 saturated heterocycles. The van der Waals surface area contributed by atoms with Gasteiger partial charge < -0.3 is 25.4 Å². The van der Waals surface area contributed by atoms with Crippen molar-refractivity contribution < 1.29 is 19.1 Å². The minimum Gasteiger partial charge on any atom is -0.482 e. The van der Waals surface area contributed by atoms with Crippen molar-refractivity contribution in [3.63, 3.8) is 0 Å². The number of amides is 2. The summed E-state index contributed by atoms with van der Waals surface area (Å²) in [5, 5.41) is 3.07. The first-order chi connectivity index (χ1) is 11.3. The average Bonchev–Trinajstić information content (AvgIpc) is 2.54. The molecule has 0 atom stereocenters. The zero-order valence-corrected chi connectivity index (χ0v) is 14.6. The van der Waals surface area contributed by atoms with Crippen molar-refractivity contribution in [3.05, 3.63) is 23.2 Å². The molecule has 0 spiro atoms. The van der Waals surface area contributed by atoms with Gasteiger partial charge in [0.05, 0.1) is 5.02 Å². The van der Waals surface area contributed by atoms with Crippen LogP contribution in [0.2, 0.25) is 5.02 Å². The molecule has 0 aliphatic carbocycles. The van der Waals surface area contributed by atoms with E-state index in [1.807, 2.05) is 0 Å². The summed E-state index contributed by atoms with van der Waals surface area (Å²) in [5.41, 5.74) is 5.72.